The molecule has 1 N–H and O–H groups in total. The summed E-state index contributed by atoms with van der Waals surface area (Å²) in [7, 11) is 0. The second-order valence-corrected chi connectivity index (χ2v) is 8.94. The molecule has 0 fully saturated rings. The van der Waals surface area contributed by atoms with Crippen molar-refractivity contribution >= 4 is 46.4 Å². The highest BCUT2D eigenvalue weighted by atomic mass is 35.5. The molecule has 3 aromatic carbocycles. The fourth-order valence-electron chi connectivity index (χ4n) is 4.32. The van der Waals surface area contributed by atoms with Gasteiger partial charge in [-0.1, -0.05) is 59.1 Å². The van der Waals surface area contributed by atoms with E-state index in [1.807, 2.05) is 71.4 Å². The number of nitrogens with zero attached hydrogens (tertiary/aromatic N) is 3. The molecule has 2 aliphatic rings. The second kappa shape index (κ2) is 7.55. The van der Waals surface area contributed by atoms with Gasteiger partial charge >= 0.3 is 0 Å². The van der Waals surface area contributed by atoms with Crippen molar-refractivity contribution in [2.75, 3.05) is 5.32 Å². The maximum atomic E-state index is 6.56. The number of hydrogen-bond donors (Lipinski definition) is 1. The van der Waals surface area contributed by atoms with Gasteiger partial charge in [0, 0.05) is 26.2 Å². The van der Waals surface area contributed by atoms with Crippen LogP contribution in [0.25, 0.3) is 5.70 Å². The zero-order valence-electron chi connectivity index (χ0n) is 16.5. The van der Waals surface area contributed by atoms with Crippen LogP contribution < -0.4 is 10.1 Å². The number of rotatable bonds is 2. The Labute approximate surface area is 199 Å². The highest BCUT2D eigenvalue weighted by Crippen LogP contribution is 2.51. The molecule has 0 bridgehead atoms. The molecule has 0 radical (unpaired) electrons. The smallest absolute Gasteiger partial charge is 0.226 e. The number of benzene rings is 3. The first-order chi connectivity index (χ1) is 15.6. The molecule has 0 spiro atoms. The number of nitrogens with one attached hydrogen (secondary N) is 1. The van der Waals surface area contributed by atoms with Crippen LogP contribution in [0.5, 0.6) is 5.75 Å². The van der Waals surface area contributed by atoms with E-state index in [-0.39, 0.29) is 12.1 Å². The summed E-state index contributed by atoms with van der Waals surface area (Å²) in [4.78, 5) is 4.44. The highest BCUT2D eigenvalue weighted by Gasteiger charge is 2.41. The summed E-state index contributed by atoms with van der Waals surface area (Å²) in [5.41, 5.74) is 4.79. The van der Waals surface area contributed by atoms with Gasteiger partial charge in [-0.15, -0.1) is 0 Å². The topological polar surface area (TPSA) is 52.0 Å². The lowest BCUT2D eigenvalue weighted by Gasteiger charge is -2.39. The predicted octanol–water partition coefficient (Wildman–Crippen LogP) is 6.80. The molecule has 0 saturated carbocycles. The minimum Gasteiger partial charge on any atom is -0.480 e. The molecule has 32 heavy (non-hydrogen) atoms. The number of hydrogen-bond acceptors (Lipinski definition) is 4. The average Bonchev–Trinajstić information content (AvgIpc) is 3.27. The van der Waals surface area contributed by atoms with Gasteiger partial charge in [-0.2, -0.15) is 10.1 Å². The quantitative estimate of drug-likeness (QED) is 0.342. The van der Waals surface area contributed by atoms with Crippen LogP contribution in [0.2, 0.25) is 15.1 Å². The zero-order chi connectivity index (χ0) is 21.8. The fraction of sp³-hybridized carbons (Fsp3) is 0.0833. The van der Waals surface area contributed by atoms with Gasteiger partial charge in [0.05, 0.1) is 5.70 Å². The molecule has 0 aliphatic carbocycles. The Morgan fingerprint density at radius 1 is 0.812 bits per heavy atom. The minimum absolute atomic E-state index is 0.256. The normalized spacial score (nSPS) is 18.8. The third kappa shape index (κ3) is 3.16. The van der Waals surface area contributed by atoms with Crippen molar-refractivity contribution in [2.45, 2.75) is 12.1 Å². The van der Waals surface area contributed by atoms with Crippen LogP contribution in [0.3, 0.4) is 0 Å². The van der Waals surface area contributed by atoms with E-state index in [9.17, 15) is 0 Å². The van der Waals surface area contributed by atoms with Crippen molar-refractivity contribution in [1.82, 2.24) is 14.8 Å². The van der Waals surface area contributed by atoms with Gasteiger partial charge in [0.25, 0.3) is 0 Å². The molecule has 0 amide bonds. The Morgan fingerprint density at radius 3 is 2.19 bits per heavy atom. The van der Waals surface area contributed by atoms with Gasteiger partial charge in [-0.3, -0.25) is 0 Å². The van der Waals surface area contributed by atoms with E-state index < -0.39 is 0 Å². The number of fused-ring (bicyclic) bond motifs is 3. The van der Waals surface area contributed by atoms with Gasteiger partial charge in [0.15, 0.2) is 0 Å². The van der Waals surface area contributed by atoms with Gasteiger partial charge in [-0.05, 0) is 53.6 Å². The summed E-state index contributed by atoms with van der Waals surface area (Å²) >= 11 is 18.7. The van der Waals surface area contributed by atoms with Crippen LogP contribution in [0.15, 0.2) is 78.6 Å². The van der Waals surface area contributed by atoms with Crippen molar-refractivity contribution in [1.29, 1.82) is 0 Å². The third-order valence-corrected chi connectivity index (χ3v) is 6.47. The second-order valence-electron chi connectivity index (χ2n) is 7.63. The predicted molar refractivity (Wildman–Crippen MR) is 126 cm³/mol. The molecular weight excluding hydrogens is 467 g/mol. The Balaban J connectivity index is 1.63. The Bertz CT molecular complexity index is 1360. The van der Waals surface area contributed by atoms with Crippen molar-refractivity contribution in [3.63, 3.8) is 0 Å². The molecule has 158 valence electrons. The molecule has 2 aliphatic heterocycles. The van der Waals surface area contributed by atoms with Crippen molar-refractivity contribution in [3.05, 3.63) is 110 Å². The molecular formula is C24H15Cl3N4O. The number of aromatic nitrogens is 3. The van der Waals surface area contributed by atoms with Crippen LogP contribution in [0, 0.1) is 0 Å². The summed E-state index contributed by atoms with van der Waals surface area (Å²) in [5.74, 6) is 1.38. The monoisotopic (exact) mass is 480 g/mol. The van der Waals surface area contributed by atoms with Crippen LogP contribution >= 0.6 is 34.8 Å². The maximum Gasteiger partial charge on any atom is 0.226 e. The van der Waals surface area contributed by atoms with E-state index in [1.54, 1.807) is 6.33 Å². The first-order valence-corrected chi connectivity index (χ1v) is 11.1. The summed E-state index contributed by atoms with van der Waals surface area (Å²) in [6.45, 7) is 0. The molecule has 5 nitrogen and oxygen atoms in total. The standard InChI is InChI=1S/C24H15Cl3N4O/c25-15-5-1-13(2-6-15)22-20-21(30-24-28-12-29-31(22)24)18-11-17(27)9-10-19(18)32-23(20)14-3-7-16(26)8-4-14/h1-12,22-23H,(H,28,29,30)/t22-,23-/m0/s1. The Kier molecular flexibility index (Phi) is 4.65. The largest absolute Gasteiger partial charge is 0.480 e. The Morgan fingerprint density at radius 2 is 1.47 bits per heavy atom. The van der Waals surface area contributed by atoms with Crippen LogP contribution in [-0.2, 0) is 0 Å². The van der Waals surface area contributed by atoms with Crippen LogP contribution in [-0.4, -0.2) is 14.8 Å². The van der Waals surface area contributed by atoms with Gasteiger partial charge in [0.1, 0.15) is 24.2 Å². The zero-order valence-corrected chi connectivity index (χ0v) is 18.7. The highest BCUT2D eigenvalue weighted by molar-refractivity contribution is 6.31. The fourth-order valence-corrected chi connectivity index (χ4v) is 4.74. The lowest BCUT2D eigenvalue weighted by atomic mass is 9.84. The molecule has 8 heteroatoms. The van der Waals surface area contributed by atoms with E-state index in [4.69, 9.17) is 39.5 Å². The van der Waals surface area contributed by atoms with Crippen LogP contribution in [0.4, 0.5) is 5.95 Å². The lowest BCUT2D eigenvalue weighted by molar-refractivity contribution is 0.223. The molecule has 1 aromatic heterocycles. The Hall–Kier alpha value is -2.99. The molecule has 3 heterocycles. The van der Waals surface area contributed by atoms with Gasteiger partial charge in [-0.25, -0.2) is 4.68 Å². The van der Waals surface area contributed by atoms with Gasteiger partial charge in [0.2, 0.25) is 5.95 Å². The molecule has 2 atom stereocenters. The number of anilines is 1. The molecule has 4 aromatic rings. The van der Waals surface area contributed by atoms with E-state index in [0.29, 0.717) is 21.0 Å². The van der Waals surface area contributed by atoms with Crippen LogP contribution in [0.1, 0.15) is 28.8 Å². The average molecular weight is 482 g/mol. The van der Waals surface area contributed by atoms with Crippen molar-refractivity contribution in [3.8, 4) is 5.75 Å². The summed E-state index contributed by atoms with van der Waals surface area (Å²) < 4.78 is 8.43. The molecule has 0 unspecified atom stereocenters. The summed E-state index contributed by atoms with van der Waals surface area (Å²) in [6.07, 6.45) is 1.17. The van der Waals surface area contributed by atoms with E-state index >= 15 is 0 Å². The van der Waals surface area contributed by atoms with Gasteiger partial charge < -0.3 is 10.1 Å². The SMILES string of the molecule is Clc1ccc([C@@H]2Oc3ccc(Cl)cc3C3=C2[C@H](c2ccc(Cl)cc2)n2ncnc2N3)cc1. The maximum absolute atomic E-state index is 6.56. The number of ether oxygens (including phenoxy) is 1. The number of halogens is 3. The van der Waals surface area contributed by atoms with Crippen molar-refractivity contribution < 1.29 is 4.74 Å². The van der Waals surface area contributed by atoms with E-state index in [1.165, 1.54) is 0 Å². The van der Waals surface area contributed by atoms with Crippen molar-refractivity contribution in [2.24, 2.45) is 0 Å². The third-order valence-electron chi connectivity index (χ3n) is 5.73. The minimum atomic E-state index is -0.374. The first kappa shape index (κ1) is 19.7. The molecule has 6 rings (SSSR count). The summed E-state index contributed by atoms with van der Waals surface area (Å²) in [6, 6.07) is 20.8. The summed E-state index contributed by atoms with van der Waals surface area (Å²) in [5, 5.41) is 9.94. The van der Waals surface area contributed by atoms with E-state index in [0.717, 1.165) is 33.7 Å². The van der Waals surface area contributed by atoms with E-state index in [2.05, 4.69) is 15.4 Å². The first-order valence-electron chi connectivity index (χ1n) is 9.96. The lowest BCUT2D eigenvalue weighted by Crippen LogP contribution is -2.32. The molecule has 0 saturated heterocycles.